The number of nitrogens with zero attached hydrogens (tertiary/aromatic N) is 3. The summed E-state index contributed by atoms with van der Waals surface area (Å²) in [7, 11) is 0. The van der Waals surface area contributed by atoms with Gasteiger partial charge in [0, 0.05) is 25.1 Å². The number of carbonyl (C=O) groups is 1. The first-order valence-corrected chi connectivity index (χ1v) is 8.24. The highest BCUT2D eigenvalue weighted by Crippen LogP contribution is 2.18. The standard InChI is InChI=1S/C17H23N5O/c1-2-15(13-5-9-18-10-6-13)20-17(23)16-7-11-22(21-16)14-4-3-8-19-12-14/h5-7,9-11,14-15,19H,2-4,8,12H2,1H3,(H,20,23). The van der Waals surface area contributed by atoms with E-state index in [2.05, 4.69) is 27.6 Å². The Morgan fingerprint density at radius 3 is 2.96 bits per heavy atom. The van der Waals surface area contributed by atoms with Crippen molar-refractivity contribution in [1.29, 1.82) is 0 Å². The highest BCUT2D eigenvalue weighted by molar-refractivity contribution is 5.92. The molecule has 2 N–H and O–H groups in total. The highest BCUT2D eigenvalue weighted by Gasteiger charge is 2.19. The van der Waals surface area contributed by atoms with Crippen molar-refractivity contribution in [3.63, 3.8) is 0 Å². The number of carbonyl (C=O) groups excluding carboxylic acids is 1. The van der Waals surface area contributed by atoms with Crippen molar-refractivity contribution in [1.82, 2.24) is 25.4 Å². The van der Waals surface area contributed by atoms with Gasteiger partial charge in [-0.15, -0.1) is 0 Å². The lowest BCUT2D eigenvalue weighted by molar-refractivity contribution is 0.0929. The van der Waals surface area contributed by atoms with Gasteiger partial charge in [0.2, 0.25) is 0 Å². The van der Waals surface area contributed by atoms with Gasteiger partial charge in [0.1, 0.15) is 5.69 Å². The summed E-state index contributed by atoms with van der Waals surface area (Å²) in [5.41, 5.74) is 1.54. The molecule has 122 valence electrons. The average molecular weight is 313 g/mol. The molecule has 6 heteroatoms. The Hall–Kier alpha value is -2.21. The summed E-state index contributed by atoms with van der Waals surface area (Å²) in [6.45, 7) is 4.03. The molecule has 3 heterocycles. The second-order valence-corrected chi connectivity index (χ2v) is 5.90. The van der Waals surface area contributed by atoms with Gasteiger partial charge in [-0.2, -0.15) is 5.10 Å². The maximum absolute atomic E-state index is 12.5. The summed E-state index contributed by atoms with van der Waals surface area (Å²) in [5, 5.41) is 10.9. The molecule has 2 atom stereocenters. The fourth-order valence-corrected chi connectivity index (χ4v) is 2.97. The van der Waals surface area contributed by atoms with Crippen LogP contribution in [-0.4, -0.2) is 33.8 Å². The van der Waals surface area contributed by atoms with E-state index in [1.165, 1.54) is 0 Å². The van der Waals surface area contributed by atoms with Crippen LogP contribution >= 0.6 is 0 Å². The van der Waals surface area contributed by atoms with Gasteiger partial charge in [-0.25, -0.2) is 0 Å². The van der Waals surface area contributed by atoms with Crippen molar-refractivity contribution in [3.05, 3.63) is 48.0 Å². The topological polar surface area (TPSA) is 71.8 Å². The zero-order valence-corrected chi connectivity index (χ0v) is 13.4. The molecular weight excluding hydrogens is 290 g/mol. The van der Waals surface area contributed by atoms with Crippen LogP contribution in [0.25, 0.3) is 0 Å². The zero-order valence-electron chi connectivity index (χ0n) is 13.4. The zero-order chi connectivity index (χ0) is 16.1. The third-order valence-electron chi connectivity index (χ3n) is 4.31. The minimum Gasteiger partial charge on any atom is -0.344 e. The van der Waals surface area contributed by atoms with Crippen LogP contribution in [0.3, 0.4) is 0 Å². The SMILES string of the molecule is CCC(NC(=O)c1ccn(C2CCCNC2)n1)c1ccncc1. The molecule has 1 saturated heterocycles. The predicted molar refractivity (Wildman–Crippen MR) is 88.1 cm³/mol. The maximum Gasteiger partial charge on any atom is 0.272 e. The van der Waals surface area contributed by atoms with E-state index in [9.17, 15) is 4.79 Å². The van der Waals surface area contributed by atoms with Gasteiger partial charge in [-0.05, 0) is 49.6 Å². The van der Waals surface area contributed by atoms with Crippen molar-refractivity contribution >= 4 is 5.91 Å². The molecule has 1 amide bonds. The minimum atomic E-state index is -0.129. The number of nitrogens with one attached hydrogen (secondary N) is 2. The van der Waals surface area contributed by atoms with Gasteiger partial charge in [0.25, 0.3) is 5.91 Å². The van der Waals surface area contributed by atoms with Gasteiger partial charge in [-0.1, -0.05) is 6.92 Å². The number of pyridine rings is 1. The average Bonchev–Trinajstić information content (AvgIpc) is 3.11. The van der Waals surface area contributed by atoms with Crippen LogP contribution < -0.4 is 10.6 Å². The van der Waals surface area contributed by atoms with Gasteiger partial charge >= 0.3 is 0 Å². The lowest BCUT2D eigenvalue weighted by Gasteiger charge is -2.23. The van der Waals surface area contributed by atoms with E-state index in [1.807, 2.05) is 23.0 Å². The minimum absolute atomic E-state index is 0.0213. The Bertz CT molecular complexity index is 633. The summed E-state index contributed by atoms with van der Waals surface area (Å²) in [5.74, 6) is -0.129. The Labute approximate surface area is 136 Å². The molecule has 0 bridgehead atoms. The van der Waals surface area contributed by atoms with Crippen molar-refractivity contribution in [2.75, 3.05) is 13.1 Å². The van der Waals surface area contributed by atoms with Crippen LogP contribution in [-0.2, 0) is 0 Å². The molecular formula is C17H23N5O. The molecule has 2 aromatic heterocycles. The number of aromatic nitrogens is 3. The summed E-state index contributed by atoms with van der Waals surface area (Å²) in [6, 6.07) is 5.98. The lowest BCUT2D eigenvalue weighted by atomic mass is 10.1. The first kappa shape index (κ1) is 15.7. The molecule has 3 rings (SSSR count). The summed E-state index contributed by atoms with van der Waals surface area (Å²) in [6.07, 6.45) is 8.46. The molecule has 0 spiro atoms. The quantitative estimate of drug-likeness (QED) is 0.886. The van der Waals surface area contributed by atoms with E-state index in [4.69, 9.17) is 0 Å². The molecule has 6 nitrogen and oxygen atoms in total. The van der Waals surface area contributed by atoms with Crippen LogP contribution in [0, 0.1) is 0 Å². The van der Waals surface area contributed by atoms with Crippen molar-refractivity contribution in [3.8, 4) is 0 Å². The van der Waals surface area contributed by atoms with E-state index < -0.39 is 0 Å². The van der Waals surface area contributed by atoms with Crippen molar-refractivity contribution in [2.45, 2.75) is 38.3 Å². The number of hydrogen-bond acceptors (Lipinski definition) is 4. The van der Waals surface area contributed by atoms with Crippen LogP contribution in [0.1, 0.15) is 54.3 Å². The Kier molecular flexibility index (Phi) is 5.02. The molecule has 2 unspecified atom stereocenters. The number of hydrogen-bond donors (Lipinski definition) is 2. The Balaban J connectivity index is 1.67. The summed E-state index contributed by atoms with van der Waals surface area (Å²) >= 11 is 0. The molecule has 23 heavy (non-hydrogen) atoms. The lowest BCUT2D eigenvalue weighted by Crippen LogP contribution is -2.32. The van der Waals surface area contributed by atoms with E-state index in [1.54, 1.807) is 18.5 Å². The molecule has 0 saturated carbocycles. The summed E-state index contributed by atoms with van der Waals surface area (Å²) < 4.78 is 1.91. The molecule has 1 fully saturated rings. The monoisotopic (exact) mass is 313 g/mol. The maximum atomic E-state index is 12.5. The molecule has 0 radical (unpaired) electrons. The Morgan fingerprint density at radius 1 is 1.43 bits per heavy atom. The van der Waals surface area contributed by atoms with Gasteiger partial charge in [0.05, 0.1) is 12.1 Å². The number of amides is 1. The predicted octanol–water partition coefficient (Wildman–Crippen LogP) is 2.08. The van der Waals surface area contributed by atoms with Gasteiger partial charge in [-0.3, -0.25) is 14.5 Å². The fraction of sp³-hybridized carbons (Fsp3) is 0.471. The Morgan fingerprint density at radius 2 is 2.26 bits per heavy atom. The fourth-order valence-electron chi connectivity index (χ4n) is 2.97. The molecule has 0 aliphatic carbocycles. The van der Waals surface area contributed by atoms with Crippen LogP contribution in [0.4, 0.5) is 0 Å². The molecule has 2 aromatic rings. The van der Waals surface area contributed by atoms with Gasteiger partial charge in [0.15, 0.2) is 0 Å². The van der Waals surface area contributed by atoms with E-state index >= 15 is 0 Å². The summed E-state index contributed by atoms with van der Waals surface area (Å²) in [4.78, 5) is 16.5. The van der Waals surface area contributed by atoms with E-state index in [0.29, 0.717) is 11.7 Å². The van der Waals surface area contributed by atoms with Crippen molar-refractivity contribution < 1.29 is 4.79 Å². The van der Waals surface area contributed by atoms with Crippen LogP contribution in [0.15, 0.2) is 36.8 Å². The third-order valence-corrected chi connectivity index (χ3v) is 4.31. The molecule has 1 aliphatic heterocycles. The van der Waals surface area contributed by atoms with Crippen LogP contribution in [0.2, 0.25) is 0 Å². The highest BCUT2D eigenvalue weighted by atomic mass is 16.2. The third kappa shape index (κ3) is 3.76. The normalized spacial score (nSPS) is 19.3. The first-order chi connectivity index (χ1) is 11.3. The van der Waals surface area contributed by atoms with E-state index in [0.717, 1.165) is 37.9 Å². The first-order valence-electron chi connectivity index (χ1n) is 8.24. The largest absolute Gasteiger partial charge is 0.344 e. The van der Waals surface area contributed by atoms with Crippen LogP contribution in [0.5, 0.6) is 0 Å². The van der Waals surface area contributed by atoms with Crippen molar-refractivity contribution in [2.24, 2.45) is 0 Å². The number of rotatable bonds is 5. The second-order valence-electron chi connectivity index (χ2n) is 5.90. The van der Waals surface area contributed by atoms with E-state index in [-0.39, 0.29) is 11.9 Å². The molecule has 1 aliphatic rings. The molecule has 0 aromatic carbocycles. The smallest absolute Gasteiger partial charge is 0.272 e. The second kappa shape index (κ2) is 7.37. The number of piperidine rings is 1. The van der Waals surface area contributed by atoms with Gasteiger partial charge < -0.3 is 10.6 Å².